The second-order valence-electron chi connectivity index (χ2n) is 5.85. The van der Waals surface area contributed by atoms with Crippen LogP contribution in [0.15, 0.2) is 16.6 Å². The third kappa shape index (κ3) is 3.12. The molecule has 0 saturated heterocycles. The summed E-state index contributed by atoms with van der Waals surface area (Å²) in [6.07, 6.45) is 5.39. The van der Waals surface area contributed by atoms with Gasteiger partial charge in [0.05, 0.1) is 4.47 Å². The summed E-state index contributed by atoms with van der Waals surface area (Å²) in [6.45, 7) is 4.51. The molecule has 3 rings (SSSR count). The van der Waals surface area contributed by atoms with E-state index in [2.05, 4.69) is 40.3 Å². The van der Waals surface area contributed by atoms with Gasteiger partial charge in [0.2, 0.25) is 0 Å². The van der Waals surface area contributed by atoms with Gasteiger partial charge in [0, 0.05) is 12.6 Å². The molecule has 0 aromatic heterocycles. The molecule has 1 aromatic rings. The highest BCUT2D eigenvalue weighted by molar-refractivity contribution is 9.10. The zero-order chi connectivity index (χ0) is 13.9. The quantitative estimate of drug-likeness (QED) is 0.906. The lowest BCUT2D eigenvalue weighted by molar-refractivity contribution is 0.170. The van der Waals surface area contributed by atoms with Crippen molar-refractivity contribution in [2.24, 2.45) is 5.92 Å². The summed E-state index contributed by atoms with van der Waals surface area (Å²) < 4.78 is 12.3. The van der Waals surface area contributed by atoms with Gasteiger partial charge in [-0.15, -0.1) is 0 Å². The first kappa shape index (κ1) is 14.2. The number of ether oxygens (including phenoxy) is 2. The van der Waals surface area contributed by atoms with Crippen LogP contribution in [-0.4, -0.2) is 19.3 Å². The van der Waals surface area contributed by atoms with Gasteiger partial charge in [0.25, 0.3) is 0 Å². The molecule has 3 nitrogen and oxygen atoms in total. The van der Waals surface area contributed by atoms with Crippen LogP contribution in [0.2, 0.25) is 0 Å². The predicted octanol–water partition coefficient (Wildman–Crippen LogP) is 3.89. The zero-order valence-corrected chi connectivity index (χ0v) is 13.5. The van der Waals surface area contributed by atoms with Gasteiger partial charge in [0.15, 0.2) is 11.5 Å². The molecule has 2 aliphatic rings. The monoisotopic (exact) mass is 339 g/mol. The van der Waals surface area contributed by atoms with E-state index in [9.17, 15) is 0 Å². The van der Waals surface area contributed by atoms with Crippen molar-refractivity contribution in [3.05, 3.63) is 22.2 Å². The Morgan fingerprint density at radius 2 is 2.00 bits per heavy atom. The highest BCUT2D eigenvalue weighted by atomic mass is 79.9. The van der Waals surface area contributed by atoms with Crippen molar-refractivity contribution in [2.45, 2.75) is 45.2 Å². The molecule has 0 spiro atoms. The lowest BCUT2D eigenvalue weighted by Crippen LogP contribution is -2.36. The molecule has 1 aromatic carbocycles. The van der Waals surface area contributed by atoms with Crippen molar-refractivity contribution in [3.8, 4) is 11.5 Å². The molecule has 0 amide bonds. The van der Waals surface area contributed by atoms with Crippen molar-refractivity contribution in [1.29, 1.82) is 0 Å². The summed E-state index contributed by atoms with van der Waals surface area (Å²) in [5.41, 5.74) is 1.25. The van der Waals surface area contributed by atoms with Crippen LogP contribution in [0.4, 0.5) is 0 Å². The van der Waals surface area contributed by atoms with Gasteiger partial charge in [-0.05, 0) is 52.4 Å². The van der Waals surface area contributed by atoms with E-state index in [0.717, 1.165) is 28.4 Å². The maximum Gasteiger partial charge on any atom is 0.175 e. The maximum atomic E-state index is 5.68. The molecule has 1 saturated carbocycles. The van der Waals surface area contributed by atoms with Crippen molar-refractivity contribution in [1.82, 2.24) is 5.32 Å². The maximum absolute atomic E-state index is 5.68. The Hall–Kier alpha value is -0.740. The number of fused-ring (bicyclic) bond motifs is 1. The highest BCUT2D eigenvalue weighted by Gasteiger charge is 2.21. The van der Waals surface area contributed by atoms with Crippen LogP contribution >= 0.6 is 15.9 Å². The summed E-state index contributed by atoms with van der Waals surface area (Å²) in [6, 6.07) is 4.88. The molecule has 2 atom stereocenters. The van der Waals surface area contributed by atoms with Gasteiger partial charge >= 0.3 is 0 Å². The Labute approximate surface area is 129 Å². The zero-order valence-electron chi connectivity index (χ0n) is 12.0. The summed E-state index contributed by atoms with van der Waals surface area (Å²) >= 11 is 3.58. The molecular formula is C16H22BrNO2. The molecule has 0 bridgehead atoms. The minimum atomic E-state index is 0.628. The topological polar surface area (TPSA) is 30.5 Å². The Balaban J connectivity index is 1.67. The second-order valence-corrected chi connectivity index (χ2v) is 6.71. The second kappa shape index (κ2) is 6.35. The summed E-state index contributed by atoms with van der Waals surface area (Å²) in [5, 5.41) is 3.70. The normalized spacial score (nSPS) is 25.5. The van der Waals surface area contributed by atoms with Gasteiger partial charge < -0.3 is 14.8 Å². The fourth-order valence-corrected chi connectivity index (χ4v) is 3.74. The Bertz CT molecular complexity index is 478. The molecular weight excluding hydrogens is 318 g/mol. The van der Waals surface area contributed by atoms with Crippen LogP contribution in [-0.2, 0) is 6.54 Å². The minimum absolute atomic E-state index is 0.628. The number of rotatable bonds is 3. The fraction of sp³-hybridized carbons (Fsp3) is 0.625. The van der Waals surface area contributed by atoms with Crippen molar-refractivity contribution >= 4 is 15.9 Å². The van der Waals surface area contributed by atoms with Crippen LogP contribution in [0.1, 0.15) is 38.2 Å². The van der Waals surface area contributed by atoms with Crippen LogP contribution in [0.25, 0.3) is 0 Å². The number of hydrogen-bond acceptors (Lipinski definition) is 3. The third-order valence-electron chi connectivity index (χ3n) is 4.34. The number of nitrogens with one attached hydrogen (secondary N) is 1. The Morgan fingerprint density at radius 1 is 1.20 bits per heavy atom. The highest BCUT2D eigenvalue weighted by Crippen LogP contribution is 2.38. The van der Waals surface area contributed by atoms with Gasteiger partial charge in [-0.2, -0.15) is 0 Å². The average Bonchev–Trinajstić information content (AvgIpc) is 2.46. The van der Waals surface area contributed by atoms with Gasteiger partial charge in [-0.25, -0.2) is 0 Å². The third-order valence-corrected chi connectivity index (χ3v) is 4.93. The summed E-state index contributed by atoms with van der Waals surface area (Å²) in [4.78, 5) is 0. The molecule has 1 fully saturated rings. The Kier molecular flexibility index (Phi) is 4.51. The van der Waals surface area contributed by atoms with Gasteiger partial charge in [0.1, 0.15) is 13.2 Å². The number of hydrogen-bond donors (Lipinski definition) is 1. The van der Waals surface area contributed by atoms with Crippen molar-refractivity contribution < 1.29 is 9.47 Å². The molecule has 110 valence electrons. The summed E-state index contributed by atoms with van der Waals surface area (Å²) in [5.74, 6) is 2.48. The lowest BCUT2D eigenvalue weighted by Gasteiger charge is -2.30. The largest absolute Gasteiger partial charge is 0.486 e. The van der Waals surface area contributed by atoms with Gasteiger partial charge in [-0.1, -0.05) is 19.8 Å². The predicted molar refractivity (Wildman–Crippen MR) is 83.4 cm³/mol. The van der Waals surface area contributed by atoms with E-state index in [1.54, 1.807) is 0 Å². The molecule has 1 aliphatic heterocycles. The Morgan fingerprint density at radius 3 is 2.85 bits per heavy atom. The van der Waals surface area contributed by atoms with E-state index in [1.807, 2.05) is 0 Å². The standard InChI is InChI=1S/C16H22BrNO2/c1-11-4-2-3-5-14(11)18-10-12-8-13(17)16-15(9-12)19-6-7-20-16/h8-9,11,14,18H,2-7,10H2,1H3. The van der Waals surface area contributed by atoms with Crippen molar-refractivity contribution in [2.75, 3.05) is 13.2 Å². The van der Waals surface area contributed by atoms with E-state index in [-0.39, 0.29) is 0 Å². The molecule has 2 unspecified atom stereocenters. The molecule has 4 heteroatoms. The fourth-order valence-electron chi connectivity index (χ4n) is 3.13. The van der Waals surface area contributed by atoms with Crippen LogP contribution < -0.4 is 14.8 Å². The number of benzene rings is 1. The first-order valence-corrected chi connectivity index (χ1v) is 8.35. The molecule has 0 radical (unpaired) electrons. The first-order chi connectivity index (χ1) is 9.74. The van der Waals surface area contributed by atoms with E-state index in [1.165, 1.54) is 31.2 Å². The molecule has 1 N–H and O–H groups in total. The average molecular weight is 340 g/mol. The van der Waals surface area contributed by atoms with Crippen molar-refractivity contribution in [3.63, 3.8) is 0 Å². The van der Waals surface area contributed by atoms with Crippen LogP contribution in [0, 0.1) is 5.92 Å². The lowest BCUT2D eigenvalue weighted by atomic mass is 9.86. The van der Waals surface area contributed by atoms with E-state index < -0.39 is 0 Å². The molecule has 1 aliphatic carbocycles. The minimum Gasteiger partial charge on any atom is -0.486 e. The number of halogens is 1. The molecule has 20 heavy (non-hydrogen) atoms. The first-order valence-electron chi connectivity index (χ1n) is 7.55. The summed E-state index contributed by atoms with van der Waals surface area (Å²) in [7, 11) is 0. The van der Waals surface area contributed by atoms with Crippen LogP contribution in [0.5, 0.6) is 11.5 Å². The van der Waals surface area contributed by atoms with Crippen LogP contribution in [0.3, 0.4) is 0 Å². The van der Waals surface area contributed by atoms with E-state index >= 15 is 0 Å². The van der Waals surface area contributed by atoms with E-state index in [4.69, 9.17) is 9.47 Å². The smallest absolute Gasteiger partial charge is 0.175 e. The van der Waals surface area contributed by atoms with E-state index in [0.29, 0.717) is 19.3 Å². The van der Waals surface area contributed by atoms with Gasteiger partial charge in [-0.3, -0.25) is 0 Å². The SMILES string of the molecule is CC1CCCCC1NCc1cc(Br)c2c(c1)OCCO2. The molecule has 1 heterocycles.